The van der Waals surface area contributed by atoms with Gasteiger partial charge in [0.25, 0.3) is 0 Å². The fourth-order valence-corrected chi connectivity index (χ4v) is 3.42. The summed E-state index contributed by atoms with van der Waals surface area (Å²) in [4.78, 5) is 12.2. The smallest absolute Gasteiger partial charge is 0.233 e. The van der Waals surface area contributed by atoms with Crippen LogP contribution in [-0.4, -0.2) is 32.5 Å². The first-order chi connectivity index (χ1) is 13.1. The Morgan fingerprint density at radius 2 is 2.15 bits per heavy atom. The van der Waals surface area contributed by atoms with Gasteiger partial charge in [-0.25, -0.2) is 0 Å². The lowest BCUT2D eigenvalue weighted by Gasteiger charge is -2.12. The molecule has 1 atom stereocenters. The van der Waals surface area contributed by atoms with Gasteiger partial charge in [0.15, 0.2) is 11.0 Å². The molecule has 2 heterocycles. The van der Waals surface area contributed by atoms with Crippen molar-refractivity contribution in [2.45, 2.75) is 23.9 Å². The van der Waals surface area contributed by atoms with E-state index in [-0.39, 0.29) is 11.2 Å². The lowest BCUT2D eigenvalue weighted by molar-refractivity contribution is -0.120. The molecule has 0 saturated carbocycles. The topological polar surface area (TPSA) is 73.0 Å². The number of hydrogen-bond donors (Lipinski definition) is 1. The van der Waals surface area contributed by atoms with Crippen molar-refractivity contribution in [1.29, 1.82) is 0 Å². The quantitative estimate of drug-likeness (QED) is 0.455. The molecule has 0 aliphatic carbocycles. The first kappa shape index (κ1) is 19.3. The molecule has 8 heteroatoms. The Kier molecular flexibility index (Phi) is 6.36. The molecule has 0 aliphatic heterocycles. The number of halogens is 1. The highest BCUT2D eigenvalue weighted by molar-refractivity contribution is 8.00. The predicted molar refractivity (Wildman–Crippen MR) is 107 cm³/mol. The lowest BCUT2D eigenvalue weighted by atomic mass is 10.2. The molecule has 1 aromatic carbocycles. The first-order valence-corrected chi connectivity index (χ1v) is 9.61. The normalized spacial score (nSPS) is 11.9. The summed E-state index contributed by atoms with van der Waals surface area (Å²) < 4.78 is 7.41. The molecule has 0 bridgehead atoms. The molecule has 0 saturated heterocycles. The lowest BCUT2D eigenvalue weighted by Crippen LogP contribution is -2.31. The molecule has 0 spiro atoms. The van der Waals surface area contributed by atoms with Gasteiger partial charge < -0.3 is 9.73 Å². The maximum Gasteiger partial charge on any atom is 0.233 e. The molecular weight excluding hydrogens is 384 g/mol. The second-order valence-corrected chi connectivity index (χ2v) is 7.52. The van der Waals surface area contributed by atoms with Gasteiger partial charge in [-0.05, 0) is 43.3 Å². The maximum absolute atomic E-state index is 12.2. The molecule has 6 nitrogen and oxygen atoms in total. The summed E-state index contributed by atoms with van der Waals surface area (Å²) in [6, 6.07) is 11.1. The van der Waals surface area contributed by atoms with E-state index in [1.165, 1.54) is 11.8 Å². The van der Waals surface area contributed by atoms with Gasteiger partial charge in [-0.1, -0.05) is 29.4 Å². The van der Waals surface area contributed by atoms with Gasteiger partial charge >= 0.3 is 0 Å². The standard InChI is InChI=1S/C19H19ClN4O2S/c1-3-10-21-18(25)13(2)27-19-23-22-17(14-6-8-15(20)9-7-14)24(19)12-16-5-4-11-26-16/h3-9,11,13H,1,10,12H2,2H3,(H,21,25)/t13-/m0/s1. The number of rotatable bonds is 8. The number of benzene rings is 1. The van der Waals surface area contributed by atoms with Crippen LogP contribution >= 0.6 is 23.4 Å². The molecule has 0 aliphatic rings. The minimum Gasteiger partial charge on any atom is -0.467 e. The highest BCUT2D eigenvalue weighted by atomic mass is 35.5. The van der Waals surface area contributed by atoms with Gasteiger partial charge in [-0.3, -0.25) is 9.36 Å². The van der Waals surface area contributed by atoms with Crippen molar-refractivity contribution in [3.63, 3.8) is 0 Å². The zero-order valence-corrected chi connectivity index (χ0v) is 16.3. The van der Waals surface area contributed by atoms with E-state index in [1.807, 2.05) is 35.8 Å². The van der Waals surface area contributed by atoms with E-state index in [0.29, 0.717) is 29.1 Å². The summed E-state index contributed by atoms with van der Waals surface area (Å²) in [5, 5.41) is 12.4. The van der Waals surface area contributed by atoms with Crippen LogP contribution in [0.15, 0.2) is 64.9 Å². The molecule has 27 heavy (non-hydrogen) atoms. The summed E-state index contributed by atoms with van der Waals surface area (Å²) in [6.07, 6.45) is 3.27. The monoisotopic (exact) mass is 402 g/mol. The average Bonchev–Trinajstić information content (AvgIpc) is 3.31. The third-order valence-electron chi connectivity index (χ3n) is 3.79. The van der Waals surface area contributed by atoms with E-state index in [4.69, 9.17) is 16.0 Å². The molecular formula is C19H19ClN4O2S. The molecule has 2 aromatic heterocycles. The van der Waals surface area contributed by atoms with Crippen molar-refractivity contribution < 1.29 is 9.21 Å². The van der Waals surface area contributed by atoms with Gasteiger partial charge in [0, 0.05) is 17.1 Å². The van der Waals surface area contributed by atoms with Crippen molar-refractivity contribution >= 4 is 29.3 Å². The van der Waals surface area contributed by atoms with Crippen LogP contribution < -0.4 is 5.32 Å². The van der Waals surface area contributed by atoms with Crippen LogP contribution in [0.1, 0.15) is 12.7 Å². The van der Waals surface area contributed by atoms with Crippen molar-refractivity contribution in [2.24, 2.45) is 0 Å². The second kappa shape index (κ2) is 8.92. The number of thioether (sulfide) groups is 1. The number of hydrogen-bond acceptors (Lipinski definition) is 5. The first-order valence-electron chi connectivity index (χ1n) is 8.35. The largest absolute Gasteiger partial charge is 0.467 e. The third kappa shape index (κ3) is 4.81. The van der Waals surface area contributed by atoms with E-state index in [9.17, 15) is 4.79 Å². The van der Waals surface area contributed by atoms with Gasteiger partial charge in [0.1, 0.15) is 5.76 Å². The van der Waals surface area contributed by atoms with Crippen LogP contribution in [0.25, 0.3) is 11.4 Å². The number of nitrogens with zero attached hydrogens (tertiary/aromatic N) is 3. The third-order valence-corrected chi connectivity index (χ3v) is 5.12. The number of carbonyl (C=O) groups excluding carboxylic acids is 1. The number of furan rings is 1. The van der Waals surface area contributed by atoms with Crippen LogP contribution in [-0.2, 0) is 11.3 Å². The number of amides is 1. The Morgan fingerprint density at radius 3 is 2.81 bits per heavy atom. The number of carbonyl (C=O) groups is 1. The van der Waals surface area contributed by atoms with Crippen LogP contribution in [0.5, 0.6) is 0 Å². The number of nitrogens with one attached hydrogen (secondary N) is 1. The Labute approximate surface area is 166 Å². The summed E-state index contributed by atoms with van der Waals surface area (Å²) in [6.45, 7) is 6.33. The van der Waals surface area contributed by atoms with Gasteiger partial charge in [-0.2, -0.15) is 0 Å². The van der Waals surface area contributed by atoms with Crippen LogP contribution in [0, 0.1) is 0 Å². The highest BCUT2D eigenvalue weighted by Crippen LogP contribution is 2.28. The Hall–Kier alpha value is -2.51. The van der Waals surface area contributed by atoms with Crippen molar-refractivity contribution in [3.05, 3.63) is 66.1 Å². The van der Waals surface area contributed by atoms with Gasteiger partial charge in [0.05, 0.1) is 18.1 Å². The summed E-state index contributed by atoms with van der Waals surface area (Å²) in [7, 11) is 0. The van der Waals surface area contributed by atoms with E-state index < -0.39 is 0 Å². The number of aromatic nitrogens is 3. The Morgan fingerprint density at radius 1 is 1.37 bits per heavy atom. The molecule has 3 aromatic rings. The minimum absolute atomic E-state index is 0.0829. The van der Waals surface area contributed by atoms with E-state index in [2.05, 4.69) is 22.1 Å². The summed E-state index contributed by atoms with van der Waals surface area (Å²) in [5.74, 6) is 1.38. The van der Waals surface area contributed by atoms with Crippen LogP contribution in [0.2, 0.25) is 5.02 Å². The van der Waals surface area contributed by atoms with E-state index in [0.717, 1.165) is 11.3 Å². The van der Waals surface area contributed by atoms with Crippen molar-refractivity contribution in [2.75, 3.05) is 6.54 Å². The second-order valence-electron chi connectivity index (χ2n) is 5.77. The zero-order valence-electron chi connectivity index (χ0n) is 14.8. The highest BCUT2D eigenvalue weighted by Gasteiger charge is 2.21. The predicted octanol–water partition coefficient (Wildman–Crippen LogP) is 4.02. The molecule has 140 valence electrons. The zero-order chi connectivity index (χ0) is 19.2. The molecule has 0 unspecified atom stereocenters. The van der Waals surface area contributed by atoms with E-state index >= 15 is 0 Å². The Bertz CT molecular complexity index is 906. The van der Waals surface area contributed by atoms with Crippen molar-refractivity contribution in [3.8, 4) is 11.4 Å². The van der Waals surface area contributed by atoms with Gasteiger partial charge in [0.2, 0.25) is 5.91 Å². The SMILES string of the molecule is C=CCNC(=O)[C@H](C)Sc1nnc(-c2ccc(Cl)cc2)n1Cc1ccco1. The molecule has 0 radical (unpaired) electrons. The molecule has 3 rings (SSSR count). The fraction of sp³-hybridized carbons (Fsp3) is 0.211. The summed E-state index contributed by atoms with van der Waals surface area (Å²) >= 11 is 7.34. The van der Waals surface area contributed by atoms with Crippen molar-refractivity contribution in [1.82, 2.24) is 20.1 Å². The summed E-state index contributed by atoms with van der Waals surface area (Å²) in [5.41, 5.74) is 0.883. The Balaban J connectivity index is 1.90. The molecule has 1 N–H and O–H groups in total. The molecule has 1 amide bonds. The fourth-order valence-electron chi connectivity index (χ4n) is 2.42. The average molecular weight is 403 g/mol. The van der Waals surface area contributed by atoms with Crippen LogP contribution in [0.4, 0.5) is 0 Å². The van der Waals surface area contributed by atoms with Crippen LogP contribution in [0.3, 0.4) is 0 Å². The molecule has 0 fully saturated rings. The van der Waals surface area contributed by atoms with Gasteiger partial charge in [-0.15, -0.1) is 16.8 Å². The van der Waals surface area contributed by atoms with E-state index in [1.54, 1.807) is 24.5 Å². The maximum atomic E-state index is 12.2. The minimum atomic E-state index is -0.331.